The minimum absolute atomic E-state index is 0.242. The summed E-state index contributed by atoms with van der Waals surface area (Å²) in [5, 5.41) is 7.56. The van der Waals surface area contributed by atoms with Gasteiger partial charge in [0.15, 0.2) is 0 Å². The lowest BCUT2D eigenvalue weighted by Gasteiger charge is -2.34. The van der Waals surface area contributed by atoms with Crippen molar-refractivity contribution < 1.29 is 32.7 Å². The minimum atomic E-state index is -4.52. The largest absolute Gasteiger partial charge is 0.374 e. The molecule has 0 saturated heterocycles. The van der Waals surface area contributed by atoms with Gasteiger partial charge in [-0.25, -0.2) is 0 Å². The van der Waals surface area contributed by atoms with Gasteiger partial charge >= 0.3 is 15.2 Å². The van der Waals surface area contributed by atoms with Gasteiger partial charge in [0.1, 0.15) is 0 Å². The molecular weight excluding hydrogens is 258 g/mol. The second-order valence-corrected chi connectivity index (χ2v) is 8.05. The predicted octanol–water partition coefficient (Wildman–Crippen LogP) is 1.75. The molecule has 0 radical (unpaired) electrons. The molecule has 0 aromatic carbocycles. The summed E-state index contributed by atoms with van der Waals surface area (Å²) in [4.78, 5) is 9.52. The van der Waals surface area contributed by atoms with Crippen LogP contribution in [0.3, 0.4) is 0 Å². The summed E-state index contributed by atoms with van der Waals surface area (Å²) in [6, 6.07) is 0. The Balaban J connectivity index is 5.60. The highest BCUT2D eigenvalue weighted by atomic mass is 31.2. The second kappa shape index (κ2) is 5.74. The first-order valence-electron chi connectivity index (χ1n) is 4.57. The Bertz CT molecular complexity index is 310. The van der Waals surface area contributed by atoms with Crippen molar-refractivity contribution in [3.05, 3.63) is 0 Å². The molecule has 0 aliphatic heterocycles. The van der Waals surface area contributed by atoms with Gasteiger partial charge in [-0.3, -0.25) is 9.13 Å². The van der Waals surface area contributed by atoms with E-state index in [1.807, 2.05) is 0 Å². The molecule has 16 heavy (non-hydrogen) atoms. The van der Waals surface area contributed by atoms with Gasteiger partial charge in [-0.15, -0.1) is 0 Å². The summed E-state index contributed by atoms with van der Waals surface area (Å²) in [5.74, 6) is 0. The van der Waals surface area contributed by atoms with E-state index >= 15 is 0 Å². The standard InChI is InChI=1S/C7H18O7P2/c1-5-6-7(8,15(9,10)12-2)16(11,13-3)14-4/h8H,5-6H2,1-4H3,(H,9,10). The summed E-state index contributed by atoms with van der Waals surface area (Å²) >= 11 is 0. The molecule has 2 atom stereocenters. The Hall–Kier alpha value is 0.260. The van der Waals surface area contributed by atoms with E-state index in [-0.39, 0.29) is 6.42 Å². The third-order valence-corrected chi connectivity index (χ3v) is 7.38. The van der Waals surface area contributed by atoms with Gasteiger partial charge in [0, 0.05) is 21.3 Å². The molecule has 0 heterocycles. The predicted molar refractivity (Wildman–Crippen MR) is 58.3 cm³/mol. The van der Waals surface area contributed by atoms with Crippen molar-refractivity contribution in [1.82, 2.24) is 0 Å². The molecule has 0 aliphatic rings. The average Bonchev–Trinajstić information content (AvgIpc) is 2.27. The van der Waals surface area contributed by atoms with Crippen molar-refractivity contribution in [2.75, 3.05) is 21.3 Å². The summed E-state index contributed by atoms with van der Waals surface area (Å²) < 4.78 is 37.2. The number of aliphatic hydroxyl groups is 1. The highest BCUT2D eigenvalue weighted by molar-refractivity contribution is 7.73. The first kappa shape index (κ1) is 16.3. The van der Waals surface area contributed by atoms with E-state index in [1.54, 1.807) is 6.92 Å². The smallest absolute Gasteiger partial charge is 0.368 e. The van der Waals surface area contributed by atoms with E-state index in [0.717, 1.165) is 21.3 Å². The first-order chi connectivity index (χ1) is 7.24. The van der Waals surface area contributed by atoms with E-state index in [2.05, 4.69) is 13.6 Å². The highest BCUT2D eigenvalue weighted by Crippen LogP contribution is 2.75. The van der Waals surface area contributed by atoms with Crippen molar-refractivity contribution in [3.8, 4) is 0 Å². The maximum Gasteiger partial charge on any atom is 0.374 e. The fraction of sp³-hybridized carbons (Fsp3) is 1.00. The molecule has 0 spiro atoms. The summed E-state index contributed by atoms with van der Waals surface area (Å²) in [7, 11) is -5.67. The molecular formula is C7H18O7P2. The monoisotopic (exact) mass is 276 g/mol. The Morgan fingerprint density at radius 3 is 1.81 bits per heavy atom. The maximum atomic E-state index is 12.1. The van der Waals surface area contributed by atoms with Gasteiger partial charge in [0.05, 0.1) is 0 Å². The third-order valence-electron chi connectivity index (χ3n) is 2.20. The molecule has 9 heteroatoms. The quantitative estimate of drug-likeness (QED) is 0.683. The van der Waals surface area contributed by atoms with Gasteiger partial charge in [-0.1, -0.05) is 13.3 Å². The fourth-order valence-corrected chi connectivity index (χ4v) is 5.28. The van der Waals surface area contributed by atoms with E-state index in [4.69, 9.17) is 0 Å². The van der Waals surface area contributed by atoms with Crippen LogP contribution < -0.4 is 0 Å². The van der Waals surface area contributed by atoms with Crippen LogP contribution in [0.4, 0.5) is 0 Å². The Kier molecular flexibility index (Phi) is 5.83. The van der Waals surface area contributed by atoms with Gasteiger partial charge < -0.3 is 23.6 Å². The average molecular weight is 276 g/mol. The van der Waals surface area contributed by atoms with Crippen molar-refractivity contribution in [2.24, 2.45) is 0 Å². The molecule has 0 rings (SSSR count). The Morgan fingerprint density at radius 2 is 1.56 bits per heavy atom. The first-order valence-corrected chi connectivity index (χ1v) is 7.69. The highest BCUT2D eigenvalue weighted by Gasteiger charge is 2.61. The van der Waals surface area contributed by atoms with Crippen molar-refractivity contribution >= 4 is 15.2 Å². The van der Waals surface area contributed by atoms with Crippen molar-refractivity contribution in [3.63, 3.8) is 0 Å². The van der Waals surface area contributed by atoms with Crippen LogP contribution in [0.25, 0.3) is 0 Å². The van der Waals surface area contributed by atoms with Gasteiger partial charge in [0.2, 0.25) is 0 Å². The lowest BCUT2D eigenvalue weighted by Crippen LogP contribution is -2.30. The van der Waals surface area contributed by atoms with E-state index in [0.29, 0.717) is 6.42 Å². The van der Waals surface area contributed by atoms with Crippen LogP contribution in [-0.2, 0) is 22.7 Å². The van der Waals surface area contributed by atoms with Gasteiger partial charge in [-0.2, -0.15) is 0 Å². The molecule has 0 aromatic heterocycles. The molecule has 0 aliphatic carbocycles. The lowest BCUT2D eigenvalue weighted by molar-refractivity contribution is 0.103. The van der Waals surface area contributed by atoms with Crippen LogP contribution in [0.2, 0.25) is 0 Å². The molecule has 2 unspecified atom stereocenters. The van der Waals surface area contributed by atoms with E-state index in [9.17, 15) is 19.1 Å². The summed E-state index contributed by atoms with van der Waals surface area (Å²) in [5.41, 5.74) is 0. The summed E-state index contributed by atoms with van der Waals surface area (Å²) in [6.07, 6.45) is 0.0642. The molecule has 2 N–H and O–H groups in total. The zero-order chi connectivity index (χ0) is 13.0. The molecule has 7 nitrogen and oxygen atoms in total. The summed E-state index contributed by atoms with van der Waals surface area (Å²) in [6.45, 7) is 1.65. The normalized spacial score (nSPS) is 20.1. The molecule has 0 bridgehead atoms. The van der Waals surface area contributed by atoms with Crippen LogP contribution in [0.5, 0.6) is 0 Å². The van der Waals surface area contributed by atoms with Crippen LogP contribution >= 0.6 is 15.2 Å². The molecule has 0 aromatic rings. The fourth-order valence-electron chi connectivity index (χ4n) is 1.28. The zero-order valence-electron chi connectivity index (χ0n) is 9.74. The topological polar surface area (TPSA) is 102 Å². The SMILES string of the molecule is CCCC(O)(P(=O)(O)OC)P(=O)(OC)OC. The number of hydrogen-bond donors (Lipinski definition) is 2. The van der Waals surface area contributed by atoms with Crippen LogP contribution in [0.15, 0.2) is 0 Å². The lowest BCUT2D eigenvalue weighted by atomic mass is 10.3. The maximum absolute atomic E-state index is 12.1. The van der Waals surface area contributed by atoms with Gasteiger partial charge in [-0.05, 0) is 6.42 Å². The van der Waals surface area contributed by atoms with E-state index in [1.165, 1.54) is 0 Å². The van der Waals surface area contributed by atoms with Crippen molar-refractivity contribution in [2.45, 2.75) is 24.8 Å². The molecule has 0 fully saturated rings. The number of rotatable bonds is 7. The van der Waals surface area contributed by atoms with Crippen LogP contribution in [-0.4, -0.2) is 36.4 Å². The van der Waals surface area contributed by atoms with Crippen LogP contribution in [0.1, 0.15) is 19.8 Å². The minimum Gasteiger partial charge on any atom is -0.368 e. The zero-order valence-corrected chi connectivity index (χ0v) is 11.5. The third kappa shape index (κ3) is 2.57. The Morgan fingerprint density at radius 1 is 1.12 bits per heavy atom. The van der Waals surface area contributed by atoms with E-state index < -0.39 is 20.3 Å². The molecule has 98 valence electrons. The molecule has 0 saturated carbocycles. The van der Waals surface area contributed by atoms with Gasteiger partial charge in [0.25, 0.3) is 5.08 Å². The number of hydrogen-bond acceptors (Lipinski definition) is 6. The van der Waals surface area contributed by atoms with Crippen molar-refractivity contribution in [1.29, 1.82) is 0 Å². The molecule has 0 amide bonds. The Labute approximate surface area is 94.8 Å². The van der Waals surface area contributed by atoms with Crippen LogP contribution in [0, 0.1) is 0 Å². The second-order valence-electron chi connectivity index (χ2n) is 3.09.